The lowest BCUT2D eigenvalue weighted by molar-refractivity contribution is -0.139. The number of hydrogen-bond donors (Lipinski definition) is 1. The topological polar surface area (TPSA) is 63.2 Å². The fourth-order valence-electron chi connectivity index (χ4n) is 3.26. The molecular weight excluding hydrogens is 633 g/mol. The third-order valence-corrected chi connectivity index (χ3v) is 8.07. The number of carbonyl (C=O) groups excluding carboxylic acids is 1. The van der Waals surface area contributed by atoms with Crippen LogP contribution in [0.25, 0.3) is 5.83 Å². The second-order valence-corrected chi connectivity index (χ2v) is 11.8. The Hall–Kier alpha value is -1.73. The van der Waals surface area contributed by atoms with Gasteiger partial charge in [0.15, 0.2) is 9.84 Å². The van der Waals surface area contributed by atoms with Gasteiger partial charge in [-0.3, -0.25) is 4.79 Å². The first-order chi connectivity index (χ1) is 17.2. The van der Waals surface area contributed by atoms with Crippen molar-refractivity contribution >= 4 is 68.0 Å². The Kier molecular flexibility index (Phi) is 10.4. The van der Waals surface area contributed by atoms with Crippen molar-refractivity contribution in [3.8, 4) is 0 Å². The molecule has 16 heteroatoms. The lowest BCUT2D eigenvalue weighted by Crippen LogP contribution is -2.39. The maximum absolute atomic E-state index is 14.9. The summed E-state index contributed by atoms with van der Waals surface area (Å²) in [6.07, 6.45) is -9.69. The van der Waals surface area contributed by atoms with Gasteiger partial charge in [-0.05, 0) is 42.8 Å². The SMILES string of the molecule is C[C@H](CS(=O)(=O)CC(F)(F)F)NC(=O)c1ccc(/C(F)=C/C(c2cc(Cl)c(Cl)c(Cl)c2)C(F)(F)F)cc1Cl. The van der Waals surface area contributed by atoms with Crippen molar-refractivity contribution in [2.75, 3.05) is 11.5 Å². The minimum atomic E-state index is -4.97. The van der Waals surface area contributed by atoms with Crippen molar-refractivity contribution in [2.24, 2.45) is 0 Å². The zero-order valence-corrected chi connectivity index (χ0v) is 22.7. The smallest absolute Gasteiger partial charge is 0.349 e. The van der Waals surface area contributed by atoms with Crippen LogP contribution < -0.4 is 5.32 Å². The molecule has 0 aromatic heterocycles. The van der Waals surface area contributed by atoms with E-state index in [9.17, 15) is 43.9 Å². The number of alkyl halides is 6. The lowest BCUT2D eigenvalue weighted by atomic mass is 9.96. The number of hydrogen-bond acceptors (Lipinski definition) is 3. The van der Waals surface area contributed by atoms with E-state index in [0.717, 1.165) is 37.3 Å². The van der Waals surface area contributed by atoms with E-state index >= 15 is 0 Å². The molecule has 0 radical (unpaired) electrons. The van der Waals surface area contributed by atoms with Gasteiger partial charge >= 0.3 is 12.4 Å². The van der Waals surface area contributed by atoms with Gasteiger partial charge in [-0.25, -0.2) is 12.8 Å². The molecule has 1 amide bonds. The number of carbonyl (C=O) groups is 1. The standard InChI is InChI=1S/C22H16Cl4F7NO3S/c1-10(8-38(36,37)9-21(28,29)30)34-20(35)13-3-2-11(4-15(13)23)18(27)7-14(22(31,32)33)12-5-16(24)19(26)17(25)6-12/h2-7,10,14H,8-9H2,1H3,(H,34,35)/b18-7-/t10-,14?/m1/s1. The summed E-state index contributed by atoms with van der Waals surface area (Å²) >= 11 is 23.3. The maximum atomic E-state index is 14.9. The average Bonchev–Trinajstić information content (AvgIpc) is 2.71. The minimum Gasteiger partial charge on any atom is -0.349 e. The molecule has 1 N–H and O–H groups in total. The van der Waals surface area contributed by atoms with Crippen molar-refractivity contribution in [2.45, 2.75) is 31.2 Å². The monoisotopic (exact) mass is 647 g/mol. The Morgan fingerprint density at radius 1 is 0.974 bits per heavy atom. The highest BCUT2D eigenvalue weighted by Gasteiger charge is 2.40. The molecule has 38 heavy (non-hydrogen) atoms. The van der Waals surface area contributed by atoms with Crippen LogP contribution in [0.3, 0.4) is 0 Å². The molecule has 0 heterocycles. The van der Waals surface area contributed by atoms with E-state index in [2.05, 4.69) is 5.32 Å². The Labute approximate surface area is 232 Å². The van der Waals surface area contributed by atoms with Crippen LogP contribution in [0.15, 0.2) is 36.4 Å². The molecule has 0 saturated heterocycles. The van der Waals surface area contributed by atoms with Crippen molar-refractivity contribution in [1.29, 1.82) is 0 Å². The van der Waals surface area contributed by atoms with Crippen LogP contribution in [0, 0.1) is 0 Å². The summed E-state index contributed by atoms with van der Waals surface area (Å²) in [6.45, 7) is 1.14. The third-order valence-electron chi connectivity index (χ3n) is 4.79. The van der Waals surface area contributed by atoms with Crippen LogP contribution in [-0.4, -0.2) is 44.2 Å². The molecule has 0 aliphatic carbocycles. The second-order valence-electron chi connectivity index (χ2n) is 8.07. The minimum absolute atomic E-state index is 0.185. The summed E-state index contributed by atoms with van der Waals surface area (Å²) in [6, 6.07) is 3.25. The Balaban J connectivity index is 2.28. The highest BCUT2D eigenvalue weighted by molar-refractivity contribution is 7.91. The number of rotatable bonds is 8. The Bertz CT molecular complexity index is 1320. The molecule has 0 aliphatic rings. The molecule has 2 atom stereocenters. The van der Waals surface area contributed by atoms with Crippen LogP contribution >= 0.6 is 46.4 Å². The molecule has 210 valence electrons. The van der Waals surface area contributed by atoms with E-state index in [4.69, 9.17) is 46.4 Å². The number of sulfone groups is 1. The average molecular weight is 649 g/mol. The first kappa shape index (κ1) is 32.5. The zero-order chi connectivity index (χ0) is 29.2. The Morgan fingerprint density at radius 3 is 2.00 bits per heavy atom. The van der Waals surface area contributed by atoms with Crippen molar-refractivity contribution < 1.29 is 43.9 Å². The fraction of sp³-hybridized carbons (Fsp3) is 0.318. The number of nitrogens with one attached hydrogen (secondary N) is 1. The molecule has 0 saturated carbocycles. The van der Waals surface area contributed by atoms with Gasteiger partial charge in [0.2, 0.25) is 0 Å². The van der Waals surface area contributed by atoms with Gasteiger partial charge in [0, 0.05) is 11.6 Å². The summed E-state index contributed by atoms with van der Waals surface area (Å²) in [5.41, 5.74) is -1.26. The molecule has 0 aliphatic heterocycles. The zero-order valence-electron chi connectivity index (χ0n) is 18.8. The highest BCUT2D eigenvalue weighted by atomic mass is 35.5. The number of benzene rings is 2. The van der Waals surface area contributed by atoms with E-state index in [1.807, 2.05) is 0 Å². The first-order valence-electron chi connectivity index (χ1n) is 10.2. The molecule has 0 spiro atoms. The summed E-state index contributed by atoms with van der Waals surface area (Å²) in [4.78, 5) is 12.4. The summed E-state index contributed by atoms with van der Waals surface area (Å²) in [5.74, 6) is -7.96. The van der Waals surface area contributed by atoms with Gasteiger partial charge in [0.05, 0.1) is 31.4 Å². The quantitative estimate of drug-likeness (QED) is 0.233. The summed E-state index contributed by atoms with van der Waals surface area (Å²) in [7, 11) is -4.59. The maximum Gasteiger partial charge on any atom is 0.402 e. The van der Waals surface area contributed by atoms with Crippen LogP contribution in [0.2, 0.25) is 20.1 Å². The second kappa shape index (κ2) is 12.2. The van der Waals surface area contributed by atoms with Gasteiger partial charge in [0.25, 0.3) is 5.91 Å². The molecule has 0 bridgehead atoms. The summed E-state index contributed by atoms with van der Waals surface area (Å²) < 4.78 is 116. The van der Waals surface area contributed by atoms with Crippen LogP contribution in [0.1, 0.15) is 34.3 Å². The van der Waals surface area contributed by atoms with E-state index in [1.165, 1.54) is 0 Å². The van der Waals surface area contributed by atoms with Crippen molar-refractivity contribution in [1.82, 2.24) is 5.32 Å². The van der Waals surface area contributed by atoms with Crippen molar-refractivity contribution in [3.05, 3.63) is 73.2 Å². The lowest BCUT2D eigenvalue weighted by Gasteiger charge is -2.19. The number of allylic oxidation sites excluding steroid dienone is 1. The molecule has 0 fully saturated rings. The third kappa shape index (κ3) is 9.18. The predicted octanol–water partition coefficient (Wildman–Crippen LogP) is 8.05. The predicted molar refractivity (Wildman–Crippen MR) is 132 cm³/mol. The van der Waals surface area contributed by atoms with Gasteiger partial charge < -0.3 is 5.32 Å². The molecule has 2 rings (SSSR count). The van der Waals surface area contributed by atoms with Gasteiger partial charge in [-0.15, -0.1) is 0 Å². The largest absolute Gasteiger partial charge is 0.402 e. The normalized spacial score (nSPS) is 14.8. The molecule has 2 aromatic rings. The van der Waals surface area contributed by atoms with E-state index in [1.54, 1.807) is 0 Å². The van der Waals surface area contributed by atoms with Crippen LogP contribution in [0.4, 0.5) is 30.7 Å². The summed E-state index contributed by atoms with van der Waals surface area (Å²) in [5, 5.41) is 0.985. The molecular formula is C22H16Cl4F7NO3S. The highest BCUT2D eigenvalue weighted by Crippen LogP contribution is 2.42. The van der Waals surface area contributed by atoms with E-state index in [-0.39, 0.29) is 26.7 Å². The first-order valence-corrected chi connectivity index (χ1v) is 13.5. The number of amides is 1. The van der Waals surface area contributed by atoms with Gasteiger partial charge in [-0.1, -0.05) is 52.5 Å². The van der Waals surface area contributed by atoms with Gasteiger partial charge in [-0.2, -0.15) is 26.3 Å². The number of halogens is 11. The molecule has 4 nitrogen and oxygen atoms in total. The van der Waals surface area contributed by atoms with Crippen LogP contribution in [0.5, 0.6) is 0 Å². The van der Waals surface area contributed by atoms with Gasteiger partial charge in [0.1, 0.15) is 17.5 Å². The Morgan fingerprint density at radius 2 is 1.53 bits per heavy atom. The molecule has 1 unspecified atom stereocenters. The van der Waals surface area contributed by atoms with E-state index in [0.29, 0.717) is 0 Å². The van der Waals surface area contributed by atoms with Crippen LogP contribution in [-0.2, 0) is 9.84 Å². The fourth-order valence-corrected chi connectivity index (χ4v) is 5.60. The van der Waals surface area contributed by atoms with Crippen molar-refractivity contribution in [3.63, 3.8) is 0 Å². The van der Waals surface area contributed by atoms with E-state index < -0.39 is 73.5 Å². The molecule has 2 aromatic carbocycles.